The van der Waals surface area contributed by atoms with Gasteiger partial charge in [0.05, 0.1) is 0 Å². The summed E-state index contributed by atoms with van der Waals surface area (Å²) in [6, 6.07) is 12.3. The van der Waals surface area contributed by atoms with Crippen molar-refractivity contribution in [3.05, 3.63) is 54.3 Å². The maximum Gasteiger partial charge on any atom is 0.326 e. The molecule has 2 amide bonds. The number of halogens is 1. The smallest absolute Gasteiger partial charge is 0.326 e. The Bertz CT molecular complexity index is 583. The Labute approximate surface area is 110 Å². The molecule has 0 aliphatic carbocycles. The number of urea groups is 1. The zero-order valence-corrected chi connectivity index (χ0v) is 10.4. The Morgan fingerprint density at radius 3 is 2.53 bits per heavy atom. The van der Waals surface area contributed by atoms with Gasteiger partial charge < -0.3 is 11.1 Å². The molecule has 0 fully saturated rings. The first-order valence-electron chi connectivity index (χ1n) is 5.72. The first-order valence-corrected chi connectivity index (χ1v) is 5.72. The highest BCUT2D eigenvalue weighted by Gasteiger charge is 2.10. The molecule has 0 aliphatic heterocycles. The summed E-state index contributed by atoms with van der Waals surface area (Å²) in [6.07, 6.45) is 0. The molecule has 0 heterocycles. The second kappa shape index (κ2) is 5.39. The van der Waals surface area contributed by atoms with Crippen LogP contribution in [0.25, 0.3) is 0 Å². The number of rotatable bonds is 2. The van der Waals surface area contributed by atoms with Gasteiger partial charge in [0, 0.05) is 24.1 Å². The maximum absolute atomic E-state index is 12.8. The molecule has 98 valence electrons. The van der Waals surface area contributed by atoms with Crippen LogP contribution in [-0.2, 0) is 0 Å². The van der Waals surface area contributed by atoms with Crippen LogP contribution in [0.4, 0.5) is 26.2 Å². The summed E-state index contributed by atoms with van der Waals surface area (Å²) in [5, 5.41) is 2.71. The third kappa shape index (κ3) is 3.22. The van der Waals surface area contributed by atoms with Crippen molar-refractivity contribution in [3.63, 3.8) is 0 Å². The van der Waals surface area contributed by atoms with E-state index >= 15 is 0 Å². The fourth-order valence-electron chi connectivity index (χ4n) is 1.61. The molecular formula is C14H14FN3O. The average Bonchev–Trinajstić information content (AvgIpc) is 2.39. The molecule has 2 rings (SSSR count). The number of nitrogens with two attached hydrogens (primary N) is 1. The van der Waals surface area contributed by atoms with Gasteiger partial charge in [0.25, 0.3) is 0 Å². The number of hydrogen-bond acceptors (Lipinski definition) is 2. The van der Waals surface area contributed by atoms with Gasteiger partial charge in [0.2, 0.25) is 0 Å². The molecule has 0 spiro atoms. The van der Waals surface area contributed by atoms with Gasteiger partial charge in [-0.2, -0.15) is 0 Å². The number of hydrogen-bond donors (Lipinski definition) is 2. The minimum atomic E-state index is -0.339. The molecule has 0 unspecified atom stereocenters. The van der Waals surface area contributed by atoms with Gasteiger partial charge in [0.1, 0.15) is 5.82 Å². The van der Waals surface area contributed by atoms with Crippen LogP contribution in [0.2, 0.25) is 0 Å². The summed E-state index contributed by atoms with van der Waals surface area (Å²) in [5.41, 5.74) is 7.41. The molecule has 5 heteroatoms. The lowest BCUT2D eigenvalue weighted by Gasteiger charge is -2.18. The average molecular weight is 259 g/mol. The van der Waals surface area contributed by atoms with Crippen LogP contribution in [0.5, 0.6) is 0 Å². The number of carbonyl (C=O) groups excluding carboxylic acids is 1. The van der Waals surface area contributed by atoms with Gasteiger partial charge in [0.15, 0.2) is 0 Å². The van der Waals surface area contributed by atoms with Crippen LogP contribution >= 0.6 is 0 Å². The summed E-state index contributed by atoms with van der Waals surface area (Å²) < 4.78 is 12.8. The highest BCUT2D eigenvalue weighted by Crippen LogP contribution is 2.16. The first-order chi connectivity index (χ1) is 9.06. The summed E-state index contributed by atoms with van der Waals surface area (Å²) in [4.78, 5) is 13.4. The third-order valence-corrected chi connectivity index (χ3v) is 2.66. The second-order valence-corrected chi connectivity index (χ2v) is 4.09. The van der Waals surface area contributed by atoms with Gasteiger partial charge in [-0.3, -0.25) is 4.90 Å². The standard InChI is InChI=1S/C14H14FN3O/c1-18(13-7-5-10(15)6-8-13)14(19)17-12-4-2-3-11(16)9-12/h2-9H,16H2,1H3,(H,17,19). The summed E-state index contributed by atoms with van der Waals surface area (Å²) >= 11 is 0. The zero-order valence-electron chi connectivity index (χ0n) is 10.4. The Balaban J connectivity index is 2.09. The van der Waals surface area contributed by atoms with E-state index in [4.69, 9.17) is 5.73 Å². The van der Waals surface area contributed by atoms with E-state index in [2.05, 4.69) is 5.32 Å². The Hall–Kier alpha value is -2.56. The van der Waals surface area contributed by atoms with E-state index in [1.165, 1.54) is 29.2 Å². The number of nitrogens with zero attached hydrogens (tertiary/aromatic N) is 1. The van der Waals surface area contributed by atoms with Crippen molar-refractivity contribution in [3.8, 4) is 0 Å². The predicted molar refractivity (Wildman–Crippen MR) is 74.7 cm³/mol. The molecule has 2 aromatic carbocycles. The van der Waals surface area contributed by atoms with Gasteiger partial charge >= 0.3 is 6.03 Å². The fourth-order valence-corrected chi connectivity index (χ4v) is 1.61. The number of anilines is 3. The maximum atomic E-state index is 12.8. The predicted octanol–water partition coefficient (Wildman–Crippen LogP) is 3.08. The molecule has 4 nitrogen and oxygen atoms in total. The number of amides is 2. The Kier molecular flexibility index (Phi) is 3.66. The molecule has 0 saturated heterocycles. The summed E-state index contributed by atoms with van der Waals surface area (Å²) in [7, 11) is 1.61. The molecule has 0 aromatic heterocycles. The Morgan fingerprint density at radius 1 is 1.21 bits per heavy atom. The molecule has 19 heavy (non-hydrogen) atoms. The minimum absolute atomic E-state index is 0.322. The number of benzene rings is 2. The van der Waals surface area contributed by atoms with Crippen molar-refractivity contribution in [2.75, 3.05) is 23.0 Å². The van der Waals surface area contributed by atoms with Crippen molar-refractivity contribution in [1.82, 2.24) is 0 Å². The lowest BCUT2D eigenvalue weighted by atomic mass is 10.3. The zero-order chi connectivity index (χ0) is 13.8. The van der Waals surface area contributed by atoms with Crippen molar-refractivity contribution in [2.45, 2.75) is 0 Å². The van der Waals surface area contributed by atoms with E-state index in [0.29, 0.717) is 17.1 Å². The molecule has 0 bridgehead atoms. The summed E-state index contributed by atoms with van der Waals surface area (Å²) in [5.74, 6) is -0.339. The van der Waals surface area contributed by atoms with Crippen molar-refractivity contribution in [1.29, 1.82) is 0 Å². The van der Waals surface area contributed by atoms with Crippen molar-refractivity contribution >= 4 is 23.1 Å². The topological polar surface area (TPSA) is 58.4 Å². The monoisotopic (exact) mass is 259 g/mol. The van der Waals surface area contributed by atoms with Crippen LogP contribution in [-0.4, -0.2) is 13.1 Å². The fraction of sp³-hybridized carbons (Fsp3) is 0.0714. The Morgan fingerprint density at radius 2 is 1.89 bits per heavy atom. The van der Waals surface area contributed by atoms with Crippen molar-refractivity contribution < 1.29 is 9.18 Å². The first kappa shape index (κ1) is 12.9. The molecular weight excluding hydrogens is 245 g/mol. The SMILES string of the molecule is CN(C(=O)Nc1cccc(N)c1)c1ccc(F)cc1. The lowest BCUT2D eigenvalue weighted by molar-refractivity contribution is 0.258. The lowest BCUT2D eigenvalue weighted by Crippen LogP contribution is -2.31. The van der Waals surface area contributed by atoms with Gasteiger partial charge in [-0.05, 0) is 42.5 Å². The van der Waals surface area contributed by atoms with E-state index < -0.39 is 0 Å². The van der Waals surface area contributed by atoms with Crippen LogP contribution < -0.4 is 16.0 Å². The minimum Gasteiger partial charge on any atom is -0.399 e. The van der Waals surface area contributed by atoms with Gasteiger partial charge in [-0.25, -0.2) is 9.18 Å². The van der Waals surface area contributed by atoms with Crippen LogP contribution in [0, 0.1) is 5.82 Å². The number of nitrogens with one attached hydrogen (secondary N) is 1. The van der Waals surface area contributed by atoms with Crippen molar-refractivity contribution in [2.24, 2.45) is 0 Å². The highest BCUT2D eigenvalue weighted by atomic mass is 19.1. The van der Waals surface area contributed by atoms with Crippen LogP contribution in [0.1, 0.15) is 0 Å². The van der Waals surface area contributed by atoms with E-state index in [1.807, 2.05) is 0 Å². The van der Waals surface area contributed by atoms with Gasteiger partial charge in [-0.1, -0.05) is 6.07 Å². The van der Waals surface area contributed by atoms with Gasteiger partial charge in [-0.15, -0.1) is 0 Å². The largest absolute Gasteiger partial charge is 0.399 e. The van der Waals surface area contributed by atoms with E-state index in [-0.39, 0.29) is 11.8 Å². The third-order valence-electron chi connectivity index (χ3n) is 2.66. The normalized spacial score (nSPS) is 10.0. The number of nitrogen functional groups attached to an aromatic ring is 1. The van der Waals surface area contributed by atoms with E-state index in [0.717, 1.165) is 0 Å². The molecule has 0 aliphatic rings. The second-order valence-electron chi connectivity index (χ2n) is 4.09. The number of carbonyl (C=O) groups is 1. The quantitative estimate of drug-likeness (QED) is 0.814. The molecule has 3 N–H and O–H groups in total. The molecule has 0 atom stereocenters. The summed E-state index contributed by atoms with van der Waals surface area (Å²) in [6.45, 7) is 0. The van der Waals surface area contributed by atoms with E-state index in [1.54, 1.807) is 31.3 Å². The van der Waals surface area contributed by atoms with E-state index in [9.17, 15) is 9.18 Å². The molecule has 0 radical (unpaired) electrons. The van der Waals surface area contributed by atoms with Crippen LogP contribution in [0.3, 0.4) is 0 Å². The van der Waals surface area contributed by atoms with Crippen LogP contribution in [0.15, 0.2) is 48.5 Å². The highest BCUT2D eigenvalue weighted by molar-refractivity contribution is 6.01. The molecule has 0 saturated carbocycles. The molecule has 2 aromatic rings.